The molecule has 0 radical (unpaired) electrons. The van der Waals surface area contributed by atoms with Crippen molar-refractivity contribution >= 4 is 21.6 Å². The minimum atomic E-state index is 0.382. The molecule has 1 aromatic rings. The Labute approximate surface area is 133 Å². The topological polar surface area (TPSA) is 15.3 Å². The van der Waals surface area contributed by atoms with E-state index in [1.165, 1.54) is 35.0 Å². The van der Waals surface area contributed by atoms with E-state index in [-0.39, 0.29) is 0 Å². The number of anilines is 1. The van der Waals surface area contributed by atoms with E-state index < -0.39 is 0 Å². The van der Waals surface area contributed by atoms with Crippen LogP contribution in [0.25, 0.3) is 0 Å². The molecular weight excluding hydrogens is 312 g/mol. The molecule has 114 valence electrons. The van der Waals surface area contributed by atoms with E-state index in [2.05, 4.69) is 72.0 Å². The Kier molecular flexibility index (Phi) is 7.60. The number of halogens is 1. The Morgan fingerprint density at radius 1 is 1.20 bits per heavy atom. The van der Waals surface area contributed by atoms with Gasteiger partial charge in [-0.3, -0.25) is 0 Å². The Morgan fingerprint density at radius 3 is 2.40 bits per heavy atom. The third-order valence-electron chi connectivity index (χ3n) is 3.84. The van der Waals surface area contributed by atoms with Crippen LogP contribution in [0.3, 0.4) is 0 Å². The van der Waals surface area contributed by atoms with Gasteiger partial charge in [-0.15, -0.1) is 0 Å². The first-order valence-corrected chi connectivity index (χ1v) is 8.53. The molecule has 0 spiro atoms. The van der Waals surface area contributed by atoms with Crippen molar-refractivity contribution in [3.63, 3.8) is 0 Å². The lowest BCUT2D eigenvalue weighted by atomic mass is 10.1. The van der Waals surface area contributed by atoms with E-state index in [0.717, 1.165) is 6.54 Å². The van der Waals surface area contributed by atoms with Crippen LogP contribution in [0, 0.1) is 0 Å². The normalized spacial score (nSPS) is 12.8. The molecule has 0 saturated heterocycles. The number of benzene rings is 1. The number of hydrogen-bond donors (Lipinski definition) is 1. The van der Waals surface area contributed by atoms with Gasteiger partial charge in [-0.25, -0.2) is 0 Å². The first kappa shape index (κ1) is 17.5. The van der Waals surface area contributed by atoms with E-state index in [4.69, 9.17) is 0 Å². The summed E-state index contributed by atoms with van der Waals surface area (Å²) < 4.78 is 1.20. The molecule has 1 N–H and O–H groups in total. The van der Waals surface area contributed by atoms with Gasteiger partial charge in [-0.1, -0.05) is 25.8 Å². The molecule has 0 aliphatic heterocycles. The van der Waals surface area contributed by atoms with Gasteiger partial charge < -0.3 is 10.2 Å². The molecule has 2 nitrogen and oxygen atoms in total. The first-order valence-electron chi connectivity index (χ1n) is 7.74. The summed E-state index contributed by atoms with van der Waals surface area (Å²) in [6, 6.07) is 7.63. The van der Waals surface area contributed by atoms with Crippen molar-refractivity contribution < 1.29 is 0 Å². The molecule has 0 aromatic heterocycles. The molecule has 0 aliphatic rings. The smallest absolute Gasteiger partial charge is 0.0513 e. The summed E-state index contributed by atoms with van der Waals surface area (Å²) in [5.41, 5.74) is 2.63. The zero-order valence-electron chi connectivity index (χ0n) is 13.5. The van der Waals surface area contributed by atoms with Crippen molar-refractivity contribution in [2.45, 2.75) is 59.0 Å². The lowest BCUT2D eigenvalue weighted by molar-refractivity contribution is 0.623. The van der Waals surface area contributed by atoms with Crippen LogP contribution < -0.4 is 10.2 Å². The monoisotopic (exact) mass is 340 g/mol. The number of hydrogen-bond acceptors (Lipinski definition) is 2. The van der Waals surface area contributed by atoms with E-state index in [0.29, 0.717) is 12.1 Å². The van der Waals surface area contributed by atoms with Gasteiger partial charge in [-0.05, 0) is 67.9 Å². The number of nitrogens with one attached hydrogen (secondary N) is 1. The maximum absolute atomic E-state index is 3.75. The fourth-order valence-electron chi connectivity index (χ4n) is 2.38. The highest BCUT2D eigenvalue weighted by molar-refractivity contribution is 9.10. The predicted octanol–water partition coefficient (Wildman–Crippen LogP) is 5.13. The second-order valence-electron chi connectivity index (χ2n) is 5.72. The van der Waals surface area contributed by atoms with Crippen LogP contribution in [0.4, 0.5) is 5.69 Å². The van der Waals surface area contributed by atoms with Gasteiger partial charge in [0.1, 0.15) is 0 Å². The van der Waals surface area contributed by atoms with Gasteiger partial charge in [0.05, 0.1) is 5.69 Å². The highest BCUT2D eigenvalue weighted by atomic mass is 79.9. The van der Waals surface area contributed by atoms with Gasteiger partial charge in [0.15, 0.2) is 0 Å². The first-order chi connectivity index (χ1) is 9.51. The fraction of sp³-hybridized carbons (Fsp3) is 0.647. The molecular formula is C17H29BrN2. The van der Waals surface area contributed by atoms with Crippen molar-refractivity contribution in [3.05, 3.63) is 28.2 Å². The molecule has 3 heteroatoms. The van der Waals surface area contributed by atoms with Crippen molar-refractivity contribution in [3.8, 4) is 0 Å². The van der Waals surface area contributed by atoms with Crippen LogP contribution in [0.5, 0.6) is 0 Å². The van der Waals surface area contributed by atoms with E-state index in [9.17, 15) is 0 Å². The van der Waals surface area contributed by atoms with E-state index >= 15 is 0 Å². The molecule has 0 saturated carbocycles. The Balaban J connectivity index is 2.91. The number of unbranched alkanes of at least 4 members (excludes halogenated alkanes) is 2. The molecule has 1 aromatic carbocycles. The zero-order valence-corrected chi connectivity index (χ0v) is 15.1. The largest absolute Gasteiger partial charge is 0.368 e. The van der Waals surface area contributed by atoms with Crippen LogP contribution in [0.1, 0.15) is 58.6 Å². The van der Waals surface area contributed by atoms with Gasteiger partial charge >= 0.3 is 0 Å². The SMILES string of the molecule is CCCCCN(c1ccc(C(C)NC)cc1Br)C(C)C. The van der Waals surface area contributed by atoms with Crippen molar-refractivity contribution in [1.82, 2.24) is 5.32 Å². The molecule has 0 fully saturated rings. The van der Waals surface area contributed by atoms with Crippen molar-refractivity contribution in [2.75, 3.05) is 18.5 Å². The Bertz CT molecular complexity index is 404. The van der Waals surface area contributed by atoms with Gasteiger partial charge in [0.2, 0.25) is 0 Å². The standard InChI is InChI=1S/C17H29BrN2/c1-6-7-8-11-20(13(2)3)17-10-9-15(12-16(17)18)14(4)19-5/h9-10,12-14,19H,6-8,11H2,1-5H3. The van der Waals surface area contributed by atoms with Gasteiger partial charge in [0, 0.05) is 23.1 Å². The summed E-state index contributed by atoms with van der Waals surface area (Å²) in [6.45, 7) is 10.1. The minimum Gasteiger partial charge on any atom is -0.368 e. The van der Waals surface area contributed by atoms with Crippen molar-refractivity contribution in [2.24, 2.45) is 0 Å². The molecule has 0 amide bonds. The van der Waals surface area contributed by atoms with Crippen LogP contribution in [-0.2, 0) is 0 Å². The Hall–Kier alpha value is -0.540. The summed E-state index contributed by atoms with van der Waals surface area (Å²) in [5.74, 6) is 0. The Morgan fingerprint density at radius 2 is 1.90 bits per heavy atom. The van der Waals surface area contributed by atoms with Crippen LogP contribution in [0.2, 0.25) is 0 Å². The lowest BCUT2D eigenvalue weighted by Crippen LogP contribution is -2.32. The van der Waals surface area contributed by atoms with Gasteiger partial charge in [0.25, 0.3) is 0 Å². The summed E-state index contributed by atoms with van der Waals surface area (Å²) in [7, 11) is 2.00. The maximum atomic E-state index is 3.75. The van der Waals surface area contributed by atoms with E-state index in [1.807, 2.05) is 7.05 Å². The molecule has 1 unspecified atom stereocenters. The summed E-state index contributed by atoms with van der Waals surface area (Å²) >= 11 is 3.75. The van der Waals surface area contributed by atoms with Crippen LogP contribution in [-0.4, -0.2) is 19.6 Å². The van der Waals surface area contributed by atoms with Gasteiger partial charge in [-0.2, -0.15) is 0 Å². The number of nitrogens with zero attached hydrogens (tertiary/aromatic N) is 1. The minimum absolute atomic E-state index is 0.382. The highest BCUT2D eigenvalue weighted by Crippen LogP contribution is 2.31. The summed E-state index contributed by atoms with van der Waals surface area (Å²) in [6.07, 6.45) is 3.83. The molecule has 1 atom stereocenters. The van der Waals surface area contributed by atoms with Crippen LogP contribution in [0.15, 0.2) is 22.7 Å². The predicted molar refractivity (Wildman–Crippen MR) is 93.6 cm³/mol. The third kappa shape index (κ3) is 4.78. The molecule has 1 rings (SSSR count). The number of rotatable bonds is 8. The fourth-order valence-corrected chi connectivity index (χ4v) is 3.01. The average Bonchev–Trinajstić information content (AvgIpc) is 2.43. The highest BCUT2D eigenvalue weighted by Gasteiger charge is 2.14. The quantitative estimate of drug-likeness (QED) is 0.659. The zero-order chi connectivity index (χ0) is 15.1. The average molecular weight is 341 g/mol. The molecule has 0 bridgehead atoms. The molecule has 0 aliphatic carbocycles. The van der Waals surface area contributed by atoms with E-state index in [1.54, 1.807) is 0 Å². The summed E-state index contributed by atoms with van der Waals surface area (Å²) in [5, 5.41) is 3.29. The summed E-state index contributed by atoms with van der Waals surface area (Å²) in [4.78, 5) is 2.49. The second kappa shape index (κ2) is 8.68. The second-order valence-corrected chi connectivity index (χ2v) is 6.57. The van der Waals surface area contributed by atoms with Crippen LogP contribution >= 0.6 is 15.9 Å². The van der Waals surface area contributed by atoms with Crippen molar-refractivity contribution in [1.29, 1.82) is 0 Å². The third-order valence-corrected chi connectivity index (χ3v) is 4.48. The molecule has 0 heterocycles. The lowest BCUT2D eigenvalue weighted by Gasteiger charge is -2.30. The maximum Gasteiger partial charge on any atom is 0.0513 e. The molecule has 20 heavy (non-hydrogen) atoms.